The van der Waals surface area contributed by atoms with E-state index in [4.69, 9.17) is 9.47 Å². The molecule has 1 aromatic heterocycles. The zero-order valence-corrected chi connectivity index (χ0v) is 22.2. The highest BCUT2D eigenvalue weighted by Crippen LogP contribution is 2.36. The maximum atomic E-state index is 12.5. The molecule has 0 radical (unpaired) electrons. The molecule has 2 heterocycles. The van der Waals surface area contributed by atoms with Crippen molar-refractivity contribution in [2.75, 3.05) is 50.7 Å². The summed E-state index contributed by atoms with van der Waals surface area (Å²) in [4.78, 5) is 29.4. The van der Waals surface area contributed by atoms with E-state index in [2.05, 4.69) is 57.2 Å². The molecule has 1 atom stereocenters. The van der Waals surface area contributed by atoms with E-state index in [0.717, 1.165) is 61.6 Å². The summed E-state index contributed by atoms with van der Waals surface area (Å²) in [6.45, 7) is 9.16. The number of nitrogens with one attached hydrogen (secondary N) is 1. The average Bonchev–Trinajstić information content (AvgIpc) is 2.89. The molecule has 0 spiro atoms. The van der Waals surface area contributed by atoms with Gasteiger partial charge in [0.05, 0.1) is 42.4 Å². The quantitative estimate of drug-likeness (QED) is 0.336. The molecule has 1 saturated heterocycles. The lowest BCUT2D eigenvalue weighted by molar-refractivity contribution is -0.118. The minimum atomic E-state index is -0.119. The van der Waals surface area contributed by atoms with Crippen LogP contribution in [0.3, 0.4) is 0 Å². The second kappa shape index (κ2) is 13.8. The Morgan fingerprint density at radius 3 is 2.56 bits per heavy atom. The smallest absolute Gasteiger partial charge is 0.316 e. The minimum absolute atomic E-state index is 0.0705. The van der Waals surface area contributed by atoms with Gasteiger partial charge in [0.15, 0.2) is 0 Å². The molecule has 1 aromatic carbocycles. The molecule has 3 rings (SSSR count). The standard InChI is InChI=1S/C27H40N6O3/c1-6-20(16-26(34)30-19-32(4)5)21-9-10-25(33(7-2)23-11-13-35-14-12-23)24(15-21)31-22-17-28-27(29-18-22)36-8-3/h9-10,15,17-20,23,31H,6-8,11-14,16H2,1-5H3/t20-/m1/s1. The number of rotatable bonds is 12. The van der Waals surface area contributed by atoms with E-state index in [9.17, 15) is 4.79 Å². The molecule has 9 nitrogen and oxygen atoms in total. The summed E-state index contributed by atoms with van der Waals surface area (Å²) in [6.07, 6.45) is 8.22. The molecule has 0 aliphatic carbocycles. The molecule has 1 aliphatic heterocycles. The summed E-state index contributed by atoms with van der Waals surface area (Å²) in [6, 6.07) is 7.24. The summed E-state index contributed by atoms with van der Waals surface area (Å²) >= 11 is 0. The molecule has 0 bridgehead atoms. The third-order valence-corrected chi connectivity index (χ3v) is 6.30. The van der Waals surface area contributed by atoms with E-state index in [1.807, 2.05) is 21.0 Å². The average molecular weight is 497 g/mol. The summed E-state index contributed by atoms with van der Waals surface area (Å²) in [5.74, 6) is -0.0485. The largest absolute Gasteiger partial charge is 0.464 e. The van der Waals surface area contributed by atoms with Gasteiger partial charge in [-0.15, -0.1) is 0 Å². The van der Waals surface area contributed by atoms with Gasteiger partial charge in [0.25, 0.3) is 0 Å². The van der Waals surface area contributed by atoms with Crippen molar-refractivity contribution in [1.82, 2.24) is 14.9 Å². The first-order valence-corrected chi connectivity index (χ1v) is 12.9. The number of benzene rings is 1. The molecule has 1 amide bonds. The number of aliphatic imine (C=N–C) groups is 1. The number of anilines is 3. The van der Waals surface area contributed by atoms with Gasteiger partial charge in [-0.05, 0) is 56.7 Å². The number of ether oxygens (including phenoxy) is 2. The Morgan fingerprint density at radius 1 is 1.22 bits per heavy atom. The molecule has 36 heavy (non-hydrogen) atoms. The zero-order valence-electron chi connectivity index (χ0n) is 22.2. The SMILES string of the molecule is CCOc1ncc(Nc2cc([C@H](CC)CC(=O)N=CN(C)C)ccc2N(CC)C2CCOCC2)cn1. The molecule has 9 heteroatoms. The van der Waals surface area contributed by atoms with Crippen LogP contribution in [0.15, 0.2) is 35.6 Å². The van der Waals surface area contributed by atoms with Crippen LogP contribution in [0.5, 0.6) is 6.01 Å². The Morgan fingerprint density at radius 2 is 1.94 bits per heavy atom. The molecule has 1 fully saturated rings. The summed E-state index contributed by atoms with van der Waals surface area (Å²) < 4.78 is 11.0. The highest BCUT2D eigenvalue weighted by atomic mass is 16.5. The van der Waals surface area contributed by atoms with Crippen molar-refractivity contribution in [2.24, 2.45) is 4.99 Å². The number of carbonyl (C=O) groups is 1. The molecular formula is C27H40N6O3. The number of hydrogen-bond acceptors (Lipinski definition) is 7. The highest BCUT2D eigenvalue weighted by Gasteiger charge is 2.24. The van der Waals surface area contributed by atoms with Crippen LogP contribution in [0.4, 0.5) is 17.1 Å². The van der Waals surface area contributed by atoms with E-state index in [1.165, 1.54) is 0 Å². The van der Waals surface area contributed by atoms with Crippen LogP contribution in [-0.4, -0.2) is 73.6 Å². The second-order valence-corrected chi connectivity index (χ2v) is 9.13. The molecule has 1 aliphatic rings. The fourth-order valence-electron chi connectivity index (χ4n) is 4.46. The normalized spacial score (nSPS) is 15.0. The minimum Gasteiger partial charge on any atom is -0.464 e. The molecular weight excluding hydrogens is 456 g/mol. The van der Waals surface area contributed by atoms with Crippen molar-refractivity contribution in [3.05, 3.63) is 36.2 Å². The van der Waals surface area contributed by atoms with Gasteiger partial charge in [-0.25, -0.2) is 15.0 Å². The maximum absolute atomic E-state index is 12.5. The van der Waals surface area contributed by atoms with Crippen LogP contribution in [0, 0.1) is 0 Å². The van der Waals surface area contributed by atoms with Crippen LogP contribution >= 0.6 is 0 Å². The number of carbonyl (C=O) groups excluding carboxylic acids is 1. The Balaban J connectivity index is 1.93. The molecule has 2 aromatic rings. The van der Waals surface area contributed by atoms with Gasteiger partial charge in [0.2, 0.25) is 5.91 Å². The van der Waals surface area contributed by atoms with Crippen molar-refractivity contribution in [2.45, 2.75) is 58.4 Å². The van der Waals surface area contributed by atoms with Crippen molar-refractivity contribution in [3.63, 3.8) is 0 Å². The van der Waals surface area contributed by atoms with E-state index in [1.54, 1.807) is 23.6 Å². The van der Waals surface area contributed by atoms with Crippen LogP contribution in [0.2, 0.25) is 0 Å². The summed E-state index contributed by atoms with van der Waals surface area (Å²) in [5.41, 5.74) is 3.97. The highest BCUT2D eigenvalue weighted by molar-refractivity contribution is 5.85. The monoisotopic (exact) mass is 496 g/mol. The van der Waals surface area contributed by atoms with Crippen LogP contribution in [-0.2, 0) is 9.53 Å². The van der Waals surface area contributed by atoms with Gasteiger partial charge >= 0.3 is 6.01 Å². The predicted octanol–water partition coefficient (Wildman–Crippen LogP) is 4.62. The molecule has 0 unspecified atom stereocenters. The molecule has 0 saturated carbocycles. The van der Waals surface area contributed by atoms with Crippen LogP contribution in [0.25, 0.3) is 0 Å². The number of amides is 1. The van der Waals surface area contributed by atoms with Crippen molar-refractivity contribution >= 4 is 29.3 Å². The summed E-state index contributed by atoms with van der Waals surface area (Å²) in [7, 11) is 3.71. The van der Waals surface area contributed by atoms with Gasteiger partial charge in [-0.3, -0.25) is 4.79 Å². The maximum Gasteiger partial charge on any atom is 0.316 e. The van der Waals surface area contributed by atoms with Gasteiger partial charge < -0.3 is 24.6 Å². The Kier molecular flexibility index (Phi) is 10.5. The Labute approximate surface area is 214 Å². The van der Waals surface area contributed by atoms with Gasteiger partial charge in [0, 0.05) is 46.3 Å². The fraction of sp³-hybridized carbons (Fsp3) is 0.556. The zero-order chi connectivity index (χ0) is 25.9. The first kappa shape index (κ1) is 27.4. The lowest BCUT2D eigenvalue weighted by atomic mass is 9.91. The first-order chi connectivity index (χ1) is 17.4. The third-order valence-electron chi connectivity index (χ3n) is 6.30. The van der Waals surface area contributed by atoms with E-state index in [-0.39, 0.29) is 11.8 Å². The predicted molar refractivity (Wildman–Crippen MR) is 145 cm³/mol. The number of nitrogens with zero attached hydrogens (tertiary/aromatic N) is 5. The number of hydrogen-bond donors (Lipinski definition) is 1. The topological polar surface area (TPSA) is 92.2 Å². The van der Waals surface area contributed by atoms with Gasteiger partial charge in [-0.1, -0.05) is 13.0 Å². The van der Waals surface area contributed by atoms with Gasteiger partial charge in [-0.2, -0.15) is 0 Å². The van der Waals surface area contributed by atoms with Crippen LogP contribution < -0.4 is 15.0 Å². The Hall–Kier alpha value is -3.20. The molecule has 1 N–H and O–H groups in total. The van der Waals surface area contributed by atoms with Crippen molar-refractivity contribution in [3.8, 4) is 6.01 Å². The summed E-state index contributed by atoms with van der Waals surface area (Å²) in [5, 5.41) is 3.53. The number of aromatic nitrogens is 2. The van der Waals surface area contributed by atoms with E-state index in [0.29, 0.717) is 25.1 Å². The first-order valence-electron chi connectivity index (χ1n) is 12.9. The lowest BCUT2D eigenvalue weighted by Gasteiger charge is -2.37. The fourth-order valence-corrected chi connectivity index (χ4v) is 4.46. The van der Waals surface area contributed by atoms with E-state index >= 15 is 0 Å². The molecule has 196 valence electrons. The second-order valence-electron chi connectivity index (χ2n) is 9.13. The third kappa shape index (κ3) is 7.65. The van der Waals surface area contributed by atoms with E-state index < -0.39 is 0 Å². The van der Waals surface area contributed by atoms with Crippen molar-refractivity contribution in [1.29, 1.82) is 0 Å². The lowest BCUT2D eigenvalue weighted by Crippen LogP contribution is -2.39. The van der Waals surface area contributed by atoms with Crippen LogP contribution in [0.1, 0.15) is 57.9 Å². The van der Waals surface area contributed by atoms with Crippen molar-refractivity contribution < 1.29 is 14.3 Å². The Bertz CT molecular complexity index is 990. The van der Waals surface area contributed by atoms with Gasteiger partial charge in [0.1, 0.15) is 0 Å².